The summed E-state index contributed by atoms with van der Waals surface area (Å²) in [4.78, 5) is 17.4. The molecule has 1 amide bonds. The van der Waals surface area contributed by atoms with Crippen molar-refractivity contribution in [2.24, 2.45) is 5.92 Å². The minimum atomic E-state index is -3.75. The van der Waals surface area contributed by atoms with Gasteiger partial charge in [-0.25, -0.2) is 13.1 Å². The lowest BCUT2D eigenvalue weighted by molar-refractivity contribution is 0.0379. The molecule has 2 N–H and O–H groups in total. The Morgan fingerprint density at radius 1 is 1.14 bits per heavy atom. The first-order chi connectivity index (χ1) is 16.7. The second-order valence-electron chi connectivity index (χ2n) is 9.65. The zero-order valence-corrected chi connectivity index (χ0v) is 20.5. The smallest absolute Gasteiger partial charge is 0.265 e. The number of aliphatic hydroxyl groups excluding tert-OH is 1. The Balaban J connectivity index is 1.41. The zero-order chi connectivity index (χ0) is 24.8. The number of pyridine rings is 1. The highest BCUT2D eigenvalue weighted by Gasteiger charge is 2.51. The van der Waals surface area contributed by atoms with Gasteiger partial charge in [-0.1, -0.05) is 43.3 Å². The molecule has 0 unspecified atom stereocenters. The molecule has 35 heavy (non-hydrogen) atoms. The van der Waals surface area contributed by atoms with Crippen LogP contribution in [0.3, 0.4) is 0 Å². The molecule has 3 aromatic rings. The van der Waals surface area contributed by atoms with Gasteiger partial charge in [-0.2, -0.15) is 0 Å². The van der Waals surface area contributed by atoms with E-state index in [1.54, 1.807) is 43.5 Å². The molecule has 2 heterocycles. The molecule has 7 nitrogen and oxygen atoms in total. The van der Waals surface area contributed by atoms with Crippen molar-refractivity contribution in [3.05, 3.63) is 83.7 Å². The number of benzene rings is 2. The van der Waals surface area contributed by atoms with Gasteiger partial charge >= 0.3 is 0 Å². The molecule has 1 aliphatic carbocycles. The number of amides is 1. The lowest BCUT2D eigenvalue weighted by Crippen LogP contribution is -2.38. The SMILES string of the molecule is C[C@H](c1ccccn1)[C@@H]1COc2cc(-c3ccccc3C(=O)NS(=O)(=O)C3(C)CC3)ccc2[C@H]1O. The number of carbonyl (C=O) groups is 1. The molecule has 5 rings (SSSR count). The fraction of sp³-hybridized carbons (Fsp3) is 0.333. The predicted octanol–water partition coefficient (Wildman–Crippen LogP) is 4.21. The molecule has 0 bridgehead atoms. The van der Waals surface area contributed by atoms with Crippen LogP contribution in [0.15, 0.2) is 66.9 Å². The van der Waals surface area contributed by atoms with Gasteiger partial charge in [0.2, 0.25) is 10.0 Å². The number of hydrogen-bond donors (Lipinski definition) is 2. The number of aromatic nitrogens is 1. The van der Waals surface area contributed by atoms with Crippen molar-refractivity contribution in [3.63, 3.8) is 0 Å². The molecule has 182 valence electrons. The molecule has 0 spiro atoms. The summed E-state index contributed by atoms with van der Waals surface area (Å²) in [7, 11) is -3.75. The first-order valence-corrected chi connectivity index (χ1v) is 13.2. The van der Waals surface area contributed by atoms with E-state index in [0.29, 0.717) is 41.9 Å². The zero-order valence-electron chi connectivity index (χ0n) is 19.6. The number of aliphatic hydroxyl groups is 1. The molecule has 0 radical (unpaired) electrons. The Kier molecular flexibility index (Phi) is 5.89. The number of nitrogens with zero attached hydrogens (tertiary/aromatic N) is 1. The van der Waals surface area contributed by atoms with Gasteiger partial charge in [0.15, 0.2) is 0 Å². The molecule has 1 aliphatic heterocycles. The number of ether oxygens (including phenoxy) is 1. The van der Waals surface area contributed by atoms with Crippen molar-refractivity contribution in [1.82, 2.24) is 9.71 Å². The average Bonchev–Trinajstić information content (AvgIpc) is 3.63. The molecule has 0 saturated heterocycles. The minimum Gasteiger partial charge on any atom is -0.493 e. The van der Waals surface area contributed by atoms with Gasteiger partial charge < -0.3 is 9.84 Å². The Labute approximate surface area is 205 Å². The second-order valence-corrected chi connectivity index (χ2v) is 11.8. The maximum atomic E-state index is 13.0. The molecule has 2 aromatic carbocycles. The van der Waals surface area contributed by atoms with Crippen molar-refractivity contribution >= 4 is 15.9 Å². The van der Waals surface area contributed by atoms with Gasteiger partial charge in [0.05, 0.1) is 17.5 Å². The summed E-state index contributed by atoms with van der Waals surface area (Å²) in [6.07, 6.45) is 2.10. The monoisotopic (exact) mass is 492 g/mol. The summed E-state index contributed by atoms with van der Waals surface area (Å²) in [6, 6.07) is 18.0. The first-order valence-electron chi connectivity index (χ1n) is 11.7. The summed E-state index contributed by atoms with van der Waals surface area (Å²) in [5.41, 5.74) is 3.13. The van der Waals surface area contributed by atoms with Crippen molar-refractivity contribution in [2.75, 3.05) is 6.61 Å². The van der Waals surface area contributed by atoms with E-state index < -0.39 is 26.8 Å². The largest absolute Gasteiger partial charge is 0.493 e. The van der Waals surface area contributed by atoms with E-state index in [2.05, 4.69) is 9.71 Å². The molecular formula is C27H28N2O5S. The van der Waals surface area contributed by atoms with E-state index in [4.69, 9.17) is 4.74 Å². The summed E-state index contributed by atoms with van der Waals surface area (Å²) >= 11 is 0. The molecule has 2 aliphatic rings. The van der Waals surface area contributed by atoms with Gasteiger partial charge in [0.1, 0.15) is 5.75 Å². The Hall–Kier alpha value is -3.23. The maximum Gasteiger partial charge on any atom is 0.265 e. The average molecular weight is 493 g/mol. The van der Waals surface area contributed by atoms with E-state index >= 15 is 0 Å². The van der Waals surface area contributed by atoms with E-state index in [1.165, 1.54) is 0 Å². The van der Waals surface area contributed by atoms with Crippen molar-refractivity contribution < 1.29 is 23.1 Å². The summed E-state index contributed by atoms with van der Waals surface area (Å²) < 4.78 is 32.6. The van der Waals surface area contributed by atoms with Crippen molar-refractivity contribution in [3.8, 4) is 16.9 Å². The molecule has 8 heteroatoms. The van der Waals surface area contributed by atoms with Crippen LogP contribution in [0.2, 0.25) is 0 Å². The molecule has 3 atom stereocenters. The van der Waals surface area contributed by atoms with Crippen LogP contribution in [0.5, 0.6) is 5.75 Å². The van der Waals surface area contributed by atoms with Crippen LogP contribution in [-0.4, -0.2) is 35.8 Å². The van der Waals surface area contributed by atoms with E-state index in [-0.39, 0.29) is 17.4 Å². The fourth-order valence-corrected chi connectivity index (χ4v) is 5.78. The quantitative estimate of drug-likeness (QED) is 0.534. The Morgan fingerprint density at radius 2 is 1.89 bits per heavy atom. The first kappa shape index (κ1) is 23.5. The van der Waals surface area contributed by atoms with Gasteiger partial charge in [-0.05, 0) is 55.2 Å². The highest BCUT2D eigenvalue weighted by molar-refractivity contribution is 7.91. The summed E-state index contributed by atoms with van der Waals surface area (Å²) in [5.74, 6) is -0.265. The van der Waals surface area contributed by atoms with E-state index in [1.807, 2.05) is 37.3 Å². The standard InChI is InChI=1S/C27H28N2O5S/c1-17(23-9-5-6-14-28-23)22-16-34-24-15-18(10-11-21(24)25(22)30)19-7-3-4-8-20(19)26(31)29-35(32,33)27(2)12-13-27/h3-11,14-15,17,22,25,30H,12-13,16H2,1-2H3,(H,29,31)/t17-,22-,25+/m0/s1. The Bertz CT molecular complexity index is 1370. The lowest BCUT2D eigenvalue weighted by atomic mass is 9.81. The van der Waals surface area contributed by atoms with Gasteiger partial charge in [0, 0.05) is 34.9 Å². The van der Waals surface area contributed by atoms with Gasteiger partial charge in [-0.3, -0.25) is 9.78 Å². The maximum absolute atomic E-state index is 13.0. The lowest BCUT2D eigenvalue weighted by Gasteiger charge is -2.34. The number of fused-ring (bicyclic) bond motifs is 1. The fourth-order valence-electron chi connectivity index (χ4n) is 4.54. The van der Waals surface area contributed by atoms with E-state index in [0.717, 1.165) is 5.69 Å². The van der Waals surface area contributed by atoms with Gasteiger partial charge in [-0.15, -0.1) is 0 Å². The summed E-state index contributed by atoms with van der Waals surface area (Å²) in [5, 5.41) is 11.1. The normalized spacial score (nSPS) is 21.3. The minimum absolute atomic E-state index is 0.00118. The number of sulfonamides is 1. The van der Waals surface area contributed by atoms with Crippen LogP contribution in [0.25, 0.3) is 11.1 Å². The molecule has 1 aromatic heterocycles. The number of rotatable bonds is 6. The third kappa shape index (κ3) is 4.32. The van der Waals surface area contributed by atoms with Crippen LogP contribution in [-0.2, 0) is 10.0 Å². The Morgan fingerprint density at radius 3 is 2.60 bits per heavy atom. The van der Waals surface area contributed by atoms with Crippen LogP contribution in [0, 0.1) is 5.92 Å². The number of nitrogens with one attached hydrogen (secondary N) is 1. The van der Waals surface area contributed by atoms with Crippen molar-refractivity contribution in [2.45, 2.75) is 43.5 Å². The van der Waals surface area contributed by atoms with Crippen LogP contribution < -0.4 is 9.46 Å². The topological polar surface area (TPSA) is 106 Å². The number of hydrogen-bond acceptors (Lipinski definition) is 6. The van der Waals surface area contributed by atoms with Crippen LogP contribution >= 0.6 is 0 Å². The number of carbonyl (C=O) groups excluding carboxylic acids is 1. The van der Waals surface area contributed by atoms with Crippen LogP contribution in [0.4, 0.5) is 0 Å². The molecule has 1 fully saturated rings. The third-order valence-electron chi connectivity index (χ3n) is 7.28. The molecular weight excluding hydrogens is 464 g/mol. The molecule has 1 saturated carbocycles. The van der Waals surface area contributed by atoms with Crippen molar-refractivity contribution in [1.29, 1.82) is 0 Å². The van der Waals surface area contributed by atoms with Crippen LogP contribution in [0.1, 0.15) is 60.3 Å². The highest BCUT2D eigenvalue weighted by atomic mass is 32.2. The summed E-state index contributed by atoms with van der Waals surface area (Å²) in [6.45, 7) is 4.00. The third-order valence-corrected chi connectivity index (χ3v) is 9.44. The van der Waals surface area contributed by atoms with E-state index in [9.17, 15) is 18.3 Å². The van der Waals surface area contributed by atoms with Gasteiger partial charge in [0.25, 0.3) is 5.91 Å². The second kappa shape index (κ2) is 8.77. The predicted molar refractivity (Wildman–Crippen MR) is 132 cm³/mol. The highest BCUT2D eigenvalue weighted by Crippen LogP contribution is 2.44.